The van der Waals surface area contributed by atoms with Gasteiger partial charge in [0, 0.05) is 80.9 Å². The maximum Gasteiger partial charge on any atom is 0.294 e. The lowest BCUT2D eigenvalue weighted by molar-refractivity contribution is -0.126. The molecule has 2 saturated heterocycles. The lowest BCUT2D eigenvalue weighted by Gasteiger charge is -2.28. The van der Waals surface area contributed by atoms with Crippen molar-refractivity contribution in [1.82, 2.24) is 24.9 Å². The average Bonchev–Trinajstić information content (AvgIpc) is 1.58. The molecule has 36 heteroatoms. The van der Waals surface area contributed by atoms with Gasteiger partial charge in [0.25, 0.3) is 36.3 Å². The first-order valence-corrected chi connectivity index (χ1v) is 38.3. The molecule has 3 aromatic heterocycles. The number of hydrogen-bond donors (Lipinski definition) is 7. The molecule has 2 fully saturated rings. The van der Waals surface area contributed by atoms with E-state index in [1.165, 1.54) is 44.2 Å². The fourth-order valence-corrected chi connectivity index (χ4v) is 15.2. The van der Waals surface area contributed by atoms with Crippen LogP contribution in [0, 0.1) is 0 Å². The summed E-state index contributed by atoms with van der Waals surface area (Å²) in [6.45, 7) is 15.5. The van der Waals surface area contributed by atoms with E-state index in [1.54, 1.807) is 12.1 Å². The summed E-state index contributed by atoms with van der Waals surface area (Å²) < 4.78 is 99.5. The molecule has 2 amide bonds. The number of thioether (sulfide) groups is 1. The third kappa shape index (κ3) is 19.5. The van der Waals surface area contributed by atoms with E-state index in [1.807, 2.05) is 61.8 Å². The molecule has 2 aliphatic heterocycles. The Kier molecular flexibility index (Phi) is 24.6. The Morgan fingerprint density at radius 2 is 1.05 bits per heavy atom. The van der Waals surface area contributed by atoms with Crippen molar-refractivity contribution in [3.8, 4) is 0 Å². The van der Waals surface area contributed by atoms with Crippen LogP contribution >= 0.6 is 34.4 Å². The Balaban J connectivity index is 1.08. The summed E-state index contributed by atoms with van der Waals surface area (Å²) >= 11 is 3.03. The van der Waals surface area contributed by atoms with Crippen molar-refractivity contribution in [1.29, 1.82) is 0 Å². The molecular formula is C62H73N17O13S6. The van der Waals surface area contributed by atoms with Crippen LogP contribution in [0.3, 0.4) is 0 Å². The maximum atomic E-state index is 14.1. The Hall–Kier alpha value is -8.75. The summed E-state index contributed by atoms with van der Waals surface area (Å²) in [5.41, 5.74) is 2.96. The monoisotopic (exact) mass is 1460 g/mol. The zero-order valence-corrected chi connectivity index (χ0v) is 59.1. The molecule has 520 valence electrons. The van der Waals surface area contributed by atoms with Gasteiger partial charge in [-0.15, -0.1) is 20.5 Å². The lowest BCUT2D eigenvalue weighted by atomic mass is 10.0. The van der Waals surface area contributed by atoms with Crippen LogP contribution < -0.4 is 40.9 Å². The van der Waals surface area contributed by atoms with Gasteiger partial charge in [0.05, 0.1) is 42.2 Å². The Labute approximate surface area is 579 Å². The van der Waals surface area contributed by atoms with Crippen LogP contribution in [0.1, 0.15) is 95.7 Å². The minimum absolute atomic E-state index is 0.0358. The summed E-state index contributed by atoms with van der Waals surface area (Å²) in [5, 5.41) is 30.8. The molecule has 30 nitrogen and oxygen atoms in total. The van der Waals surface area contributed by atoms with Crippen molar-refractivity contribution in [3.05, 3.63) is 100 Å². The van der Waals surface area contributed by atoms with E-state index >= 15 is 0 Å². The van der Waals surface area contributed by atoms with E-state index in [0.717, 1.165) is 109 Å². The molecule has 0 aliphatic carbocycles. The van der Waals surface area contributed by atoms with Crippen molar-refractivity contribution in [2.24, 2.45) is 20.5 Å². The molecule has 7 N–H and O–H groups in total. The summed E-state index contributed by atoms with van der Waals surface area (Å²) in [4.78, 5) is 86.8. The number of aromatic nitrogens is 5. The van der Waals surface area contributed by atoms with E-state index in [0.29, 0.717) is 90.8 Å². The molecule has 0 radical (unpaired) electrons. The number of carbonyl (C=O) groups is 4. The van der Waals surface area contributed by atoms with E-state index in [9.17, 15) is 58.1 Å². The first-order chi connectivity index (χ1) is 46.7. The number of benzene rings is 4. The third-order valence-electron chi connectivity index (χ3n) is 15.6. The highest BCUT2D eigenvalue weighted by Gasteiger charge is 2.34. The Morgan fingerprint density at radius 1 is 0.592 bits per heavy atom. The number of thiazole rings is 2. The van der Waals surface area contributed by atoms with Crippen LogP contribution in [-0.4, -0.2) is 151 Å². The van der Waals surface area contributed by atoms with Crippen LogP contribution in [0.15, 0.2) is 126 Å². The second-order valence-electron chi connectivity index (χ2n) is 22.4. The highest BCUT2D eigenvalue weighted by atomic mass is 32.2. The number of nitrogens with one attached hydrogen (secondary N) is 4. The van der Waals surface area contributed by atoms with Crippen molar-refractivity contribution < 1.29 is 58.1 Å². The summed E-state index contributed by atoms with van der Waals surface area (Å²) in [7, 11) is -13.4. The number of carbonyl (C=O) groups excluding carboxylic acids is 4. The van der Waals surface area contributed by atoms with Crippen molar-refractivity contribution >= 4 is 174 Å². The number of amides is 2. The predicted octanol–water partition coefficient (Wildman–Crippen LogP) is 12.2. The Bertz CT molecular complexity index is 4510. The number of hydrogen-bond acceptors (Lipinski definition) is 28. The van der Waals surface area contributed by atoms with E-state index in [4.69, 9.17) is 20.1 Å². The summed E-state index contributed by atoms with van der Waals surface area (Å²) in [6.07, 6.45) is 6.80. The van der Waals surface area contributed by atoms with E-state index in [-0.39, 0.29) is 65.5 Å². The average molecular weight is 1460 g/mol. The highest BCUT2D eigenvalue weighted by Crippen LogP contribution is 2.43. The molecule has 4 aromatic carbocycles. The first kappa shape index (κ1) is 73.5. The van der Waals surface area contributed by atoms with Gasteiger partial charge in [0.2, 0.25) is 28.1 Å². The van der Waals surface area contributed by atoms with Gasteiger partial charge in [-0.25, -0.2) is 0 Å². The van der Waals surface area contributed by atoms with Crippen LogP contribution in [0.2, 0.25) is 0 Å². The number of Topliss-reactive ketones (excluding diaryl/α,β-unsaturated/α-hetero) is 2. The lowest BCUT2D eigenvalue weighted by Crippen LogP contribution is -2.32. The third-order valence-corrected chi connectivity index (χ3v) is 21.0. The molecule has 1 unspecified atom stereocenters. The number of nitrogens with zero attached hydrogens (tertiary/aromatic N) is 13. The summed E-state index contributed by atoms with van der Waals surface area (Å²) in [6, 6.07) is 20.5. The summed E-state index contributed by atoms with van der Waals surface area (Å²) in [5.74, 6) is -3.89. The van der Waals surface area contributed by atoms with E-state index in [2.05, 4.69) is 56.4 Å². The van der Waals surface area contributed by atoms with Crippen LogP contribution in [0.25, 0.3) is 6.08 Å². The van der Waals surface area contributed by atoms with Gasteiger partial charge in [-0.05, 0) is 171 Å². The number of ketones is 2. The topological polar surface area (TPSA) is 406 Å². The SMILES string of the molecule is CCN(CC)c1ccc(/N=N/c2nc(N3CCCCC3)c(/C=C(\C(C)=O)C(=O)Nc3ccc(S(=O)(=O)O)cc3)s2)c(Nc2nc(Nc3cc(N(CC)CC)ccc3/N=N/c3nc(N4CCCCC4)c(C(C(C)=O)C(=O)Nc4ccc(S(=O)(=O)O)cc4)s3)nc(SCCS(=O)(=O)O)n2)c1. The normalized spacial score (nSPS) is 14.4. The molecule has 0 bridgehead atoms. The molecule has 98 heavy (non-hydrogen) atoms. The van der Waals surface area contributed by atoms with E-state index < -0.39 is 65.4 Å². The van der Waals surface area contributed by atoms with Gasteiger partial charge >= 0.3 is 0 Å². The molecule has 9 rings (SSSR count). The minimum Gasteiger partial charge on any atom is -0.372 e. The minimum atomic E-state index is -4.51. The quantitative estimate of drug-likeness (QED) is 0.00549. The second-order valence-corrected chi connectivity index (χ2v) is 29.9. The molecule has 1 atom stereocenters. The van der Waals surface area contributed by atoms with Gasteiger partial charge in [0.15, 0.2) is 10.9 Å². The van der Waals surface area contributed by atoms with Gasteiger partial charge in [0.1, 0.15) is 34.7 Å². The first-order valence-electron chi connectivity index (χ1n) is 31.2. The molecule has 0 saturated carbocycles. The van der Waals surface area contributed by atoms with Crippen molar-refractivity contribution in [3.63, 3.8) is 0 Å². The predicted molar refractivity (Wildman–Crippen MR) is 380 cm³/mol. The van der Waals surface area contributed by atoms with Crippen LogP contribution in [-0.2, 0) is 49.5 Å². The standard InChI is InChI=1S/C62H73N17O13S6/c1-7-76(8-2)42-21-27-47(72-74-61-67-54(78-29-13-11-14-30-78)51(94-61)37-46(38(5)80)56(82)63-40-17-23-44(24-18-40)97(87,88)89)49(35-42)65-58-69-59(71-60(70-58)93-33-34-96(84,85)86)66-50-36-43(77(9-3)10-4)22-28-48(50)73-75-62-68-55(79-31-15-12-16-32-79)53(95-62)52(39(6)81)57(83)64-41-19-25-45(26-20-41)98(90,91)92/h17-28,35-37,52H,7-16,29-34H2,1-6H3,(H,63,82)(H,64,83)(H,84,85,86)(H,87,88,89)(H,90,91,92)(H2,65,66,69,70,71)/b46-37+,74-72+,75-73+. The maximum absolute atomic E-state index is 14.1. The Morgan fingerprint density at radius 3 is 1.50 bits per heavy atom. The van der Waals surface area contributed by atoms with Gasteiger partial charge in [-0.2, -0.15) is 50.2 Å². The molecule has 2 aliphatic rings. The van der Waals surface area contributed by atoms with Gasteiger partial charge in [-0.1, -0.05) is 34.4 Å². The molecule has 0 spiro atoms. The van der Waals surface area contributed by atoms with Crippen LogP contribution in [0.5, 0.6) is 0 Å². The number of azo groups is 2. The van der Waals surface area contributed by atoms with Crippen molar-refractivity contribution in [2.45, 2.75) is 101 Å². The zero-order valence-electron chi connectivity index (χ0n) is 54.2. The largest absolute Gasteiger partial charge is 0.372 e. The fourth-order valence-electron chi connectivity index (χ4n) is 10.6. The van der Waals surface area contributed by atoms with Crippen molar-refractivity contribution in [2.75, 3.05) is 105 Å². The molecule has 7 aromatic rings. The molecule has 5 heterocycles. The number of rotatable bonds is 30. The van der Waals surface area contributed by atoms with Gasteiger partial charge < -0.3 is 40.9 Å². The zero-order chi connectivity index (χ0) is 70.5. The molecular weight excluding hydrogens is 1380 g/mol. The number of piperidine rings is 2. The number of anilines is 10. The second kappa shape index (κ2) is 32.7. The highest BCUT2D eigenvalue weighted by molar-refractivity contribution is 8.00. The van der Waals surface area contributed by atoms with Crippen LogP contribution in [0.4, 0.5) is 79.3 Å². The smallest absolute Gasteiger partial charge is 0.294 e. The fraction of sp³-hybridized carbons (Fsp3) is 0.371. The van der Waals surface area contributed by atoms with Gasteiger partial charge in [-0.3, -0.25) is 32.8 Å².